The number of nitrogens with one attached hydrogen (secondary N) is 1. The average Bonchev–Trinajstić information content (AvgIpc) is 2.33. The van der Waals surface area contributed by atoms with Crippen molar-refractivity contribution in [2.75, 3.05) is 32.1 Å². The van der Waals surface area contributed by atoms with Crippen LogP contribution in [-0.2, 0) is 4.74 Å². The summed E-state index contributed by atoms with van der Waals surface area (Å²) in [5, 5.41) is 10.9. The van der Waals surface area contributed by atoms with Crippen molar-refractivity contribution in [3.63, 3.8) is 0 Å². The van der Waals surface area contributed by atoms with Crippen LogP contribution in [0.2, 0.25) is 0 Å². The van der Waals surface area contributed by atoms with Gasteiger partial charge in [-0.05, 0) is 6.07 Å². The maximum Gasteiger partial charge on any atom is 0.253 e. The van der Waals surface area contributed by atoms with E-state index in [1.54, 1.807) is 0 Å². The standard InChI is InChI=1S/C11H14F2N2O3/c12-8-5-7(10(14)6-9(8)13)11(17)15-1-3-18-4-2-16/h5-6,16H,1-4,14H2,(H,15,17). The van der Waals surface area contributed by atoms with Gasteiger partial charge in [0.1, 0.15) is 0 Å². The summed E-state index contributed by atoms with van der Waals surface area (Å²) in [4.78, 5) is 11.6. The molecule has 0 saturated carbocycles. The van der Waals surface area contributed by atoms with Gasteiger partial charge in [0, 0.05) is 18.3 Å². The maximum atomic E-state index is 12.9. The van der Waals surface area contributed by atoms with Gasteiger partial charge in [0.25, 0.3) is 5.91 Å². The molecule has 0 radical (unpaired) electrons. The Hall–Kier alpha value is -1.73. The maximum absolute atomic E-state index is 12.9. The first-order valence-electron chi connectivity index (χ1n) is 5.27. The highest BCUT2D eigenvalue weighted by atomic mass is 19.2. The Morgan fingerprint density at radius 3 is 2.67 bits per heavy atom. The molecular weight excluding hydrogens is 246 g/mol. The first-order chi connectivity index (χ1) is 8.56. The fraction of sp³-hybridized carbons (Fsp3) is 0.364. The van der Waals surface area contributed by atoms with Gasteiger partial charge >= 0.3 is 0 Å². The van der Waals surface area contributed by atoms with Gasteiger partial charge in [-0.25, -0.2) is 8.78 Å². The van der Waals surface area contributed by atoms with Crippen molar-refractivity contribution in [1.29, 1.82) is 0 Å². The molecule has 0 aliphatic heterocycles. The Kier molecular flexibility index (Phi) is 5.47. The third-order valence-corrected chi connectivity index (χ3v) is 2.10. The van der Waals surface area contributed by atoms with Crippen LogP contribution in [0.25, 0.3) is 0 Å². The monoisotopic (exact) mass is 260 g/mol. The lowest BCUT2D eigenvalue weighted by Crippen LogP contribution is -2.28. The lowest BCUT2D eigenvalue weighted by molar-refractivity contribution is 0.0838. The molecule has 0 unspecified atom stereocenters. The second kappa shape index (κ2) is 6.87. The number of aliphatic hydroxyl groups is 1. The summed E-state index contributed by atoms with van der Waals surface area (Å²) in [6.07, 6.45) is 0. The fourth-order valence-corrected chi connectivity index (χ4v) is 1.26. The molecule has 0 aromatic heterocycles. The summed E-state index contributed by atoms with van der Waals surface area (Å²) in [5.74, 6) is -2.85. The summed E-state index contributed by atoms with van der Waals surface area (Å²) in [7, 11) is 0. The molecule has 18 heavy (non-hydrogen) atoms. The predicted molar refractivity (Wildman–Crippen MR) is 61.0 cm³/mol. The van der Waals surface area contributed by atoms with Crippen molar-refractivity contribution in [3.8, 4) is 0 Å². The first-order valence-corrected chi connectivity index (χ1v) is 5.27. The molecule has 0 saturated heterocycles. The Morgan fingerprint density at radius 1 is 1.33 bits per heavy atom. The van der Waals surface area contributed by atoms with Crippen molar-refractivity contribution in [2.24, 2.45) is 0 Å². The molecule has 0 aliphatic carbocycles. The molecule has 1 aromatic rings. The number of halogens is 2. The molecule has 1 rings (SSSR count). The highest BCUT2D eigenvalue weighted by Gasteiger charge is 2.13. The number of carbonyl (C=O) groups excluding carboxylic acids is 1. The highest BCUT2D eigenvalue weighted by molar-refractivity contribution is 5.99. The Morgan fingerprint density at radius 2 is 2.00 bits per heavy atom. The SMILES string of the molecule is Nc1cc(F)c(F)cc1C(=O)NCCOCCO. The molecule has 4 N–H and O–H groups in total. The highest BCUT2D eigenvalue weighted by Crippen LogP contribution is 2.16. The van der Waals surface area contributed by atoms with Gasteiger partial charge < -0.3 is 20.9 Å². The van der Waals surface area contributed by atoms with Gasteiger partial charge in [-0.2, -0.15) is 0 Å². The van der Waals surface area contributed by atoms with Crippen molar-refractivity contribution < 1.29 is 23.4 Å². The second-order valence-corrected chi connectivity index (χ2v) is 3.45. The van der Waals surface area contributed by atoms with Gasteiger partial charge in [0.05, 0.1) is 25.4 Å². The number of nitrogen functional groups attached to an aromatic ring is 1. The van der Waals surface area contributed by atoms with Crippen LogP contribution < -0.4 is 11.1 Å². The van der Waals surface area contributed by atoms with Crippen molar-refractivity contribution in [1.82, 2.24) is 5.32 Å². The van der Waals surface area contributed by atoms with E-state index >= 15 is 0 Å². The van der Waals surface area contributed by atoms with Gasteiger partial charge in [-0.15, -0.1) is 0 Å². The van der Waals surface area contributed by atoms with E-state index in [1.807, 2.05) is 0 Å². The number of amides is 1. The van der Waals surface area contributed by atoms with Crippen LogP contribution in [0.4, 0.5) is 14.5 Å². The molecule has 0 heterocycles. The van der Waals surface area contributed by atoms with Crippen LogP contribution in [0.15, 0.2) is 12.1 Å². The first kappa shape index (κ1) is 14.3. The van der Waals surface area contributed by atoms with E-state index < -0.39 is 17.5 Å². The number of hydrogen-bond donors (Lipinski definition) is 3. The lowest BCUT2D eigenvalue weighted by atomic mass is 10.1. The molecular formula is C11H14F2N2O3. The van der Waals surface area contributed by atoms with E-state index in [1.165, 1.54) is 0 Å². The average molecular weight is 260 g/mol. The minimum absolute atomic E-state index is 0.107. The summed E-state index contributed by atoms with van der Waals surface area (Å²) in [6.45, 7) is 0.445. The van der Waals surface area contributed by atoms with E-state index in [0.29, 0.717) is 0 Å². The van der Waals surface area contributed by atoms with E-state index in [9.17, 15) is 13.6 Å². The Balaban J connectivity index is 2.54. The molecule has 0 atom stereocenters. The third-order valence-electron chi connectivity index (χ3n) is 2.10. The number of aliphatic hydroxyl groups excluding tert-OH is 1. The topological polar surface area (TPSA) is 84.6 Å². The number of benzene rings is 1. The molecule has 7 heteroatoms. The largest absolute Gasteiger partial charge is 0.398 e. The predicted octanol–water partition coefficient (Wildman–Crippen LogP) is 0.286. The summed E-state index contributed by atoms with van der Waals surface area (Å²) in [6, 6.07) is 1.50. The zero-order valence-electron chi connectivity index (χ0n) is 9.58. The van der Waals surface area contributed by atoms with Crippen molar-refractivity contribution >= 4 is 11.6 Å². The fourth-order valence-electron chi connectivity index (χ4n) is 1.26. The van der Waals surface area contributed by atoms with Crippen LogP contribution in [-0.4, -0.2) is 37.4 Å². The molecule has 0 bridgehead atoms. The van der Waals surface area contributed by atoms with Crippen LogP contribution >= 0.6 is 0 Å². The van der Waals surface area contributed by atoms with Crippen LogP contribution in [0.5, 0.6) is 0 Å². The molecule has 1 aromatic carbocycles. The molecule has 0 fully saturated rings. The van der Waals surface area contributed by atoms with E-state index in [2.05, 4.69) is 5.32 Å². The third kappa shape index (κ3) is 3.94. The molecule has 100 valence electrons. The van der Waals surface area contributed by atoms with Gasteiger partial charge in [0.2, 0.25) is 0 Å². The summed E-state index contributed by atoms with van der Waals surface area (Å²) >= 11 is 0. The van der Waals surface area contributed by atoms with E-state index in [0.717, 1.165) is 12.1 Å². The van der Waals surface area contributed by atoms with E-state index in [-0.39, 0.29) is 37.6 Å². The minimum atomic E-state index is -1.13. The van der Waals surface area contributed by atoms with Crippen molar-refractivity contribution in [2.45, 2.75) is 0 Å². The number of hydrogen-bond acceptors (Lipinski definition) is 4. The second-order valence-electron chi connectivity index (χ2n) is 3.45. The molecule has 1 amide bonds. The number of anilines is 1. The van der Waals surface area contributed by atoms with Crippen molar-refractivity contribution in [3.05, 3.63) is 29.3 Å². The lowest BCUT2D eigenvalue weighted by Gasteiger charge is -2.08. The zero-order chi connectivity index (χ0) is 13.5. The van der Waals surface area contributed by atoms with Crippen LogP contribution in [0.1, 0.15) is 10.4 Å². The number of rotatable bonds is 6. The smallest absolute Gasteiger partial charge is 0.253 e. The number of nitrogens with two attached hydrogens (primary N) is 1. The van der Waals surface area contributed by atoms with Crippen LogP contribution in [0, 0.1) is 11.6 Å². The number of carbonyl (C=O) groups is 1. The minimum Gasteiger partial charge on any atom is -0.398 e. The summed E-state index contributed by atoms with van der Waals surface area (Å²) in [5.41, 5.74) is 5.15. The molecule has 0 aliphatic rings. The molecule has 0 spiro atoms. The van der Waals surface area contributed by atoms with E-state index in [4.69, 9.17) is 15.6 Å². The van der Waals surface area contributed by atoms with Gasteiger partial charge in [0.15, 0.2) is 11.6 Å². The Labute approximate surface area is 103 Å². The van der Waals surface area contributed by atoms with Gasteiger partial charge in [-0.1, -0.05) is 0 Å². The molecule has 5 nitrogen and oxygen atoms in total. The van der Waals surface area contributed by atoms with Gasteiger partial charge in [-0.3, -0.25) is 4.79 Å². The summed E-state index contributed by atoms with van der Waals surface area (Å²) < 4.78 is 30.6. The zero-order valence-corrected chi connectivity index (χ0v) is 9.58. The quantitative estimate of drug-likeness (QED) is 0.507. The number of ether oxygens (including phenoxy) is 1. The van der Waals surface area contributed by atoms with Crippen LogP contribution in [0.3, 0.4) is 0 Å². The normalized spacial score (nSPS) is 10.4. The Bertz CT molecular complexity index is 427.